The highest BCUT2D eigenvalue weighted by atomic mass is 18.2. The molecule has 0 aliphatic heterocycles. The Kier molecular flexibility index (Phi) is 3.23. The van der Waals surface area contributed by atoms with Crippen LogP contribution in [0.5, 0.6) is 0 Å². The lowest BCUT2D eigenvalue weighted by molar-refractivity contribution is 0.622. The van der Waals surface area contributed by atoms with Gasteiger partial charge in [0.2, 0.25) is 0 Å². The molecule has 0 radical (unpaired) electrons. The number of halogens is 1. The fourth-order valence-corrected chi connectivity index (χ4v) is 1.27. The highest BCUT2D eigenvalue weighted by Crippen LogP contribution is 2.17. The molecule has 0 spiro atoms. The van der Waals surface area contributed by atoms with E-state index in [2.05, 4.69) is 6.92 Å². The van der Waals surface area contributed by atoms with Crippen LogP contribution < -0.4 is 5.73 Å². The lowest BCUT2D eigenvalue weighted by atomic mass is 9.97. The van der Waals surface area contributed by atoms with Crippen molar-refractivity contribution in [3.63, 3.8) is 0 Å². The average Bonchev–Trinajstić information content (AvgIpc) is 2.10. The van der Waals surface area contributed by atoms with Crippen molar-refractivity contribution >= 4 is 0 Å². The maximum atomic E-state index is 12.5. The van der Waals surface area contributed by atoms with Gasteiger partial charge in [-0.3, -0.25) is 0 Å². The maximum Gasteiger partial charge on any atom is 0.123 e. The molecule has 1 nitrogen and oxygen atoms in total. The molecule has 0 fully saturated rings. The third kappa shape index (κ3) is 2.05. The second-order valence-electron chi connectivity index (χ2n) is 2.89. The molecular weight excluding hydrogens is 152 g/mol. The Morgan fingerprint density at radius 2 is 1.92 bits per heavy atom. The molecule has 1 aromatic carbocycles. The molecule has 2 heteroatoms. The predicted octanol–water partition coefficient (Wildman–Crippen LogP) is 2.28. The van der Waals surface area contributed by atoms with E-state index < -0.39 is 0 Å². The zero-order valence-corrected chi connectivity index (χ0v) is 7.26. The fraction of sp³-hybridized carbons (Fsp3) is 0.400. The third-order valence-corrected chi connectivity index (χ3v) is 2.12. The van der Waals surface area contributed by atoms with Gasteiger partial charge in [-0.25, -0.2) is 4.39 Å². The topological polar surface area (TPSA) is 26.0 Å². The van der Waals surface area contributed by atoms with Crippen molar-refractivity contribution in [2.75, 3.05) is 6.54 Å². The number of nitrogens with two attached hydrogens (primary N) is 1. The van der Waals surface area contributed by atoms with E-state index in [4.69, 9.17) is 5.73 Å². The van der Waals surface area contributed by atoms with Crippen LogP contribution in [0.2, 0.25) is 0 Å². The summed E-state index contributed by atoms with van der Waals surface area (Å²) >= 11 is 0. The molecule has 1 atom stereocenters. The summed E-state index contributed by atoms with van der Waals surface area (Å²) in [5.41, 5.74) is 6.69. The van der Waals surface area contributed by atoms with Gasteiger partial charge in [0.25, 0.3) is 0 Å². The molecule has 1 unspecified atom stereocenters. The Labute approximate surface area is 72.4 Å². The van der Waals surface area contributed by atoms with E-state index in [1.807, 2.05) is 0 Å². The standard InChI is InChI=1S/C10H14FN/c1-2-8(7-12)9-3-5-10(11)6-4-9/h3-6,8H,2,7,12H2,1H3/i11-1. The van der Waals surface area contributed by atoms with Gasteiger partial charge in [0.05, 0.1) is 0 Å². The van der Waals surface area contributed by atoms with Gasteiger partial charge in [-0.05, 0) is 36.6 Å². The number of hydrogen-bond donors (Lipinski definition) is 1. The number of rotatable bonds is 3. The Morgan fingerprint density at radius 1 is 1.33 bits per heavy atom. The number of hydrogen-bond acceptors (Lipinski definition) is 1. The van der Waals surface area contributed by atoms with Crippen molar-refractivity contribution in [2.45, 2.75) is 19.3 Å². The summed E-state index contributed by atoms with van der Waals surface area (Å²) in [6.45, 7) is 2.71. The molecule has 1 rings (SSSR count). The van der Waals surface area contributed by atoms with Gasteiger partial charge >= 0.3 is 0 Å². The van der Waals surface area contributed by atoms with Gasteiger partial charge in [-0.1, -0.05) is 19.1 Å². The minimum Gasteiger partial charge on any atom is -0.330 e. The highest BCUT2D eigenvalue weighted by Gasteiger charge is 2.05. The molecule has 0 aliphatic carbocycles. The van der Waals surface area contributed by atoms with Crippen molar-refractivity contribution in [2.24, 2.45) is 5.73 Å². The average molecular weight is 166 g/mol. The molecule has 0 heterocycles. The van der Waals surface area contributed by atoms with Gasteiger partial charge in [0, 0.05) is 0 Å². The lowest BCUT2D eigenvalue weighted by Gasteiger charge is -2.11. The first kappa shape index (κ1) is 9.20. The summed E-state index contributed by atoms with van der Waals surface area (Å²) in [7, 11) is 0. The fourth-order valence-electron chi connectivity index (χ4n) is 1.27. The molecule has 1 aromatic rings. The minimum absolute atomic E-state index is 0.189. The van der Waals surface area contributed by atoms with Crippen LogP contribution in [0, 0.1) is 5.82 Å². The second kappa shape index (κ2) is 4.21. The van der Waals surface area contributed by atoms with Crippen molar-refractivity contribution in [3.8, 4) is 0 Å². The van der Waals surface area contributed by atoms with Gasteiger partial charge in [0.15, 0.2) is 0 Å². The van der Waals surface area contributed by atoms with Crippen LogP contribution >= 0.6 is 0 Å². The third-order valence-electron chi connectivity index (χ3n) is 2.12. The van der Waals surface area contributed by atoms with E-state index in [9.17, 15) is 4.39 Å². The second-order valence-corrected chi connectivity index (χ2v) is 2.89. The summed E-state index contributed by atoms with van der Waals surface area (Å²) in [6.07, 6.45) is 1.00. The summed E-state index contributed by atoms with van der Waals surface area (Å²) in [6, 6.07) is 6.56. The van der Waals surface area contributed by atoms with Crippen LogP contribution in [0.3, 0.4) is 0 Å². The molecule has 0 saturated heterocycles. The van der Waals surface area contributed by atoms with Crippen molar-refractivity contribution in [1.29, 1.82) is 0 Å². The summed E-state index contributed by atoms with van der Waals surface area (Å²) in [4.78, 5) is 0. The monoisotopic (exact) mass is 166 g/mol. The number of benzene rings is 1. The van der Waals surface area contributed by atoms with Crippen LogP contribution in [0.4, 0.5) is 4.39 Å². The van der Waals surface area contributed by atoms with E-state index in [-0.39, 0.29) is 5.82 Å². The Hall–Kier alpha value is -0.890. The summed E-state index contributed by atoms with van der Waals surface area (Å²) in [5.74, 6) is 0.177. The molecule has 0 aromatic heterocycles. The first-order valence-corrected chi connectivity index (χ1v) is 4.23. The highest BCUT2D eigenvalue weighted by molar-refractivity contribution is 5.20. The van der Waals surface area contributed by atoms with Crippen LogP contribution in [0.15, 0.2) is 24.3 Å². The molecule has 2 N–H and O–H groups in total. The Balaban J connectivity index is 2.80. The zero-order valence-electron chi connectivity index (χ0n) is 7.26. The van der Waals surface area contributed by atoms with Crippen molar-refractivity contribution < 1.29 is 4.39 Å². The van der Waals surface area contributed by atoms with E-state index in [0.29, 0.717) is 12.5 Å². The molecule has 0 bridgehead atoms. The minimum atomic E-state index is -0.189. The smallest absolute Gasteiger partial charge is 0.123 e. The first-order chi connectivity index (χ1) is 5.77. The lowest BCUT2D eigenvalue weighted by Crippen LogP contribution is -2.11. The Bertz CT molecular complexity index is 226. The van der Waals surface area contributed by atoms with E-state index in [0.717, 1.165) is 12.0 Å². The van der Waals surface area contributed by atoms with Crippen LogP contribution in [-0.4, -0.2) is 6.54 Å². The van der Waals surface area contributed by atoms with E-state index in [1.165, 1.54) is 12.1 Å². The first-order valence-electron chi connectivity index (χ1n) is 4.23. The van der Waals surface area contributed by atoms with Crippen molar-refractivity contribution in [3.05, 3.63) is 35.6 Å². The maximum absolute atomic E-state index is 12.5. The van der Waals surface area contributed by atoms with Crippen molar-refractivity contribution in [1.82, 2.24) is 0 Å². The molecule has 66 valence electrons. The molecular formula is C10H14FN. The molecule has 0 aliphatic rings. The summed E-state index contributed by atoms with van der Waals surface area (Å²) in [5, 5.41) is 0. The van der Waals surface area contributed by atoms with Crippen LogP contribution in [0.1, 0.15) is 24.8 Å². The zero-order chi connectivity index (χ0) is 8.97. The quantitative estimate of drug-likeness (QED) is 0.732. The van der Waals surface area contributed by atoms with Gasteiger partial charge in [-0.2, -0.15) is 0 Å². The predicted molar refractivity (Wildman–Crippen MR) is 48.5 cm³/mol. The molecule has 12 heavy (non-hydrogen) atoms. The normalized spacial score (nSPS) is 12.9. The Morgan fingerprint density at radius 3 is 2.33 bits per heavy atom. The largest absolute Gasteiger partial charge is 0.330 e. The van der Waals surface area contributed by atoms with E-state index in [1.54, 1.807) is 12.1 Å². The van der Waals surface area contributed by atoms with Gasteiger partial charge in [0.1, 0.15) is 5.82 Å². The molecule has 0 saturated carbocycles. The molecule has 0 amide bonds. The van der Waals surface area contributed by atoms with Crippen LogP contribution in [0.25, 0.3) is 0 Å². The SMILES string of the molecule is CCC(CN)c1ccc([18F])cc1. The summed E-state index contributed by atoms with van der Waals surface area (Å²) < 4.78 is 12.5. The van der Waals surface area contributed by atoms with Gasteiger partial charge < -0.3 is 5.73 Å². The van der Waals surface area contributed by atoms with E-state index >= 15 is 0 Å². The van der Waals surface area contributed by atoms with Crippen LogP contribution in [-0.2, 0) is 0 Å². The van der Waals surface area contributed by atoms with Gasteiger partial charge in [-0.15, -0.1) is 0 Å².